The SMILES string of the molecule is CC(C)(C(=O)O)C(=O)OCOc1c2n(cc(C(=O)NCc3ccc(F)cc3F)c1=O)C[C@@H]1N(C[C@H]3CCCN31)C2=O.[Na]. The smallest absolute Gasteiger partial charge is 0.325 e. The first-order chi connectivity index (χ1) is 19.4. The van der Waals surface area contributed by atoms with E-state index in [-0.39, 0.29) is 66.1 Å². The Morgan fingerprint density at radius 3 is 2.60 bits per heavy atom. The number of ether oxygens (including phenoxy) is 2. The molecule has 12 nitrogen and oxygen atoms in total. The molecule has 2 aromatic rings. The van der Waals surface area contributed by atoms with E-state index >= 15 is 0 Å². The minimum absolute atomic E-state index is 0. The summed E-state index contributed by atoms with van der Waals surface area (Å²) >= 11 is 0. The molecule has 1 radical (unpaired) electrons. The van der Waals surface area contributed by atoms with Gasteiger partial charge in [-0.15, -0.1) is 0 Å². The number of aromatic nitrogens is 1. The molecule has 219 valence electrons. The van der Waals surface area contributed by atoms with Crippen molar-refractivity contribution >= 4 is 53.3 Å². The summed E-state index contributed by atoms with van der Waals surface area (Å²) in [4.78, 5) is 67.7. The van der Waals surface area contributed by atoms with E-state index in [1.54, 1.807) is 4.90 Å². The summed E-state index contributed by atoms with van der Waals surface area (Å²) in [5.41, 5.74) is -3.45. The maximum atomic E-state index is 14.1. The topological polar surface area (TPSA) is 147 Å². The van der Waals surface area contributed by atoms with Crippen molar-refractivity contribution in [2.75, 3.05) is 19.9 Å². The summed E-state index contributed by atoms with van der Waals surface area (Å²) in [7, 11) is 0. The van der Waals surface area contributed by atoms with Crippen LogP contribution in [0.25, 0.3) is 0 Å². The summed E-state index contributed by atoms with van der Waals surface area (Å²) in [6, 6.07) is 3.02. The predicted octanol–water partition coefficient (Wildman–Crippen LogP) is 0.926. The maximum absolute atomic E-state index is 14.1. The first kappa shape index (κ1) is 31.6. The third-order valence-electron chi connectivity index (χ3n) is 7.77. The van der Waals surface area contributed by atoms with Crippen LogP contribution >= 0.6 is 0 Å². The van der Waals surface area contributed by atoms with Gasteiger partial charge in [0, 0.05) is 73.1 Å². The average molecular weight is 598 g/mol. The van der Waals surface area contributed by atoms with E-state index in [1.807, 2.05) is 0 Å². The minimum atomic E-state index is -1.90. The van der Waals surface area contributed by atoms with Gasteiger partial charge < -0.3 is 29.4 Å². The van der Waals surface area contributed by atoms with E-state index < -0.39 is 64.3 Å². The van der Waals surface area contributed by atoms with Crippen LogP contribution < -0.4 is 15.5 Å². The number of rotatable bonds is 8. The van der Waals surface area contributed by atoms with Gasteiger partial charge in [0.2, 0.25) is 18.0 Å². The first-order valence-electron chi connectivity index (χ1n) is 13.0. The molecule has 1 aromatic carbocycles. The van der Waals surface area contributed by atoms with Crippen molar-refractivity contribution in [2.24, 2.45) is 5.41 Å². The summed E-state index contributed by atoms with van der Waals surface area (Å²) in [6.45, 7) is 2.50. The number of nitrogens with one attached hydrogen (secondary N) is 1. The minimum Gasteiger partial charge on any atom is -0.480 e. The Labute approximate surface area is 260 Å². The number of carbonyl (C=O) groups is 4. The molecule has 3 aliphatic heterocycles. The summed E-state index contributed by atoms with van der Waals surface area (Å²) < 4.78 is 39.2. The molecule has 0 spiro atoms. The molecule has 0 bridgehead atoms. The number of hydrogen-bond acceptors (Lipinski definition) is 8. The number of carboxylic acids is 1. The van der Waals surface area contributed by atoms with Crippen LogP contribution in [0.15, 0.2) is 29.2 Å². The molecule has 2 fully saturated rings. The Morgan fingerprint density at radius 2 is 1.90 bits per heavy atom. The van der Waals surface area contributed by atoms with Gasteiger partial charge in [0.15, 0.2) is 11.1 Å². The van der Waals surface area contributed by atoms with Crippen LogP contribution in [-0.2, 0) is 27.4 Å². The molecule has 15 heteroatoms. The number of fused-ring (bicyclic) bond motifs is 4. The van der Waals surface area contributed by atoms with Crippen LogP contribution in [0.3, 0.4) is 0 Å². The normalized spacial score (nSPS) is 19.3. The molecule has 3 aliphatic rings. The second kappa shape index (κ2) is 12.1. The Balaban J connectivity index is 0.00000405. The van der Waals surface area contributed by atoms with Crippen LogP contribution in [0.2, 0.25) is 0 Å². The quantitative estimate of drug-likeness (QED) is 0.196. The first-order valence-corrected chi connectivity index (χ1v) is 13.0. The van der Waals surface area contributed by atoms with Gasteiger partial charge in [0.05, 0.1) is 6.54 Å². The van der Waals surface area contributed by atoms with Crippen LogP contribution in [0.4, 0.5) is 8.78 Å². The summed E-state index contributed by atoms with van der Waals surface area (Å²) in [6.07, 6.45) is 2.84. The van der Waals surface area contributed by atoms with Gasteiger partial charge in [-0.3, -0.25) is 28.9 Å². The van der Waals surface area contributed by atoms with Crippen molar-refractivity contribution < 1.29 is 42.5 Å². The van der Waals surface area contributed by atoms with Crippen molar-refractivity contribution in [3.8, 4) is 5.75 Å². The van der Waals surface area contributed by atoms with Gasteiger partial charge >= 0.3 is 11.9 Å². The van der Waals surface area contributed by atoms with Gasteiger partial charge in [0.25, 0.3) is 11.8 Å². The molecule has 4 heterocycles. The standard InChI is InChI=1S/C27H28F2N4O8.Na/c1-27(2,25(37)38)26(39)41-13-40-22-20-24(36)33-10-16-4-3-7-32(16)19(33)12-31(20)11-17(21(22)34)23(35)30-9-14-5-6-15(28)8-18(14)29;/h5-6,8,11,16,19H,3-4,7,9-10,12-13H2,1-2H3,(H,30,35)(H,37,38);/t16-,19+;/m1./s1. The molecule has 1 aromatic heterocycles. The van der Waals surface area contributed by atoms with Crippen molar-refractivity contribution in [2.45, 2.75) is 52.0 Å². The van der Waals surface area contributed by atoms with Gasteiger partial charge in [-0.25, -0.2) is 8.78 Å². The predicted molar refractivity (Wildman–Crippen MR) is 142 cm³/mol. The van der Waals surface area contributed by atoms with E-state index in [2.05, 4.69) is 10.2 Å². The number of aliphatic carboxylic acids is 1. The number of pyridine rings is 1. The zero-order valence-corrected chi connectivity index (χ0v) is 25.3. The number of benzene rings is 1. The number of hydrogen-bond donors (Lipinski definition) is 2. The molecule has 2 amide bonds. The molecule has 2 N–H and O–H groups in total. The second-order valence-electron chi connectivity index (χ2n) is 10.7. The number of amides is 2. The van der Waals surface area contributed by atoms with Crippen LogP contribution in [0, 0.1) is 17.0 Å². The fourth-order valence-corrected chi connectivity index (χ4v) is 5.35. The molecular formula is C27H28F2N4NaO8. The molecule has 2 saturated heterocycles. The molecule has 0 unspecified atom stereocenters. The Bertz CT molecular complexity index is 1510. The maximum Gasteiger partial charge on any atom is 0.325 e. The van der Waals surface area contributed by atoms with Crippen molar-refractivity contribution in [3.63, 3.8) is 0 Å². The number of esters is 1. The Kier molecular flexibility index (Phi) is 9.11. The number of halogens is 2. The van der Waals surface area contributed by atoms with Gasteiger partial charge in [-0.2, -0.15) is 0 Å². The third kappa shape index (κ3) is 5.68. The number of nitrogens with zero attached hydrogens (tertiary/aromatic N) is 3. The Morgan fingerprint density at radius 1 is 1.17 bits per heavy atom. The third-order valence-corrected chi connectivity index (χ3v) is 7.77. The molecule has 42 heavy (non-hydrogen) atoms. The molecule has 0 aliphatic carbocycles. The zero-order valence-electron chi connectivity index (χ0n) is 23.3. The number of carbonyl (C=O) groups excluding carboxylic acids is 3. The number of carboxylic acid groups (broad SMARTS) is 1. The van der Waals surface area contributed by atoms with E-state index in [0.29, 0.717) is 12.6 Å². The molecule has 5 rings (SSSR count). The van der Waals surface area contributed by atoms with Gasteiger partial charge in [-0.05, 0) is 32.8 Å². The van der Waals surface area contributed by atoms with Crippen molar-refractivity contribution in [1.29, 1.82) is 0 Å². The monoisotopic (exact) mass is 597 g/mol. The second-order valence-corrected chi connectivity index (χ2v) is 10.7. The van der Waals surface area contributed by atoms with Crippen molar-refractivity contribution in [1.82, 2.24) is 19.7 Å². The van der Waals surface area contributed by atoms with Crippen molar-refractivity contribution in [3.05, 3.63) is 63.1 Å². The van der Waals surface area contributed by atoms with Gasteiger partial charge in [-0.1, -0.05) is 6.07 Å². The zero-order chi connectivity index (χ0) is 29.6. The van der Waals surface area contributed by atoms with E-state index in [1.165, 1.54) is 10.8 Å². The van der Waals surface area contributed by atoms with Gasteiger partial charge in [0.1, 0.15) is 23.4 Å². The van der Waals surface area contributed by atoms with E-state index in [0.717, 1.165) is 45.4 Å². The molecule has 0 saturated carbocycles. The van der Waals surface area contributed by atoms with Crippen LogP contribution in [0.5, 0.6) is 5.75 Å². The molecule has 2 atom stereocenters. The van der Waals surface area contributed by atoms with E-state index in [9.17, 15) is 37.9 Å². The fourth-order valence-electron chi connectivity index (χ4n) is 5.35. The van der Waals surface area contributed by atoms with Crippen LogP contribution in [0.1, 0.15) is 53.1 Å². The fraction of sp³-hybridized carbons (Fsp3) is 0.444. The Hall–Kier alpha value is -3.33. The largest absolute Gasteiger partial charge is 0.480 e. The summed E-state index contributed by atoms with van der Waals surface area (Å²) in [5, 5.41) is 11.7. The average Bonchev–Trinajstić information content (AvgIpc) is 3.51. The van der Waals surface area contributed by atoms with E-state index in [4.69, 9.17) is 9.47 Å². The van der Waals surface area contributed by atoms with Crippen LogP contribution in [-0.4, -0.2) is 105 Å². The molecular weight excluding hydrogens is 569 g/mol. The summed E-state index contributed by atoms with van der Waals surface area (Å²) in [5.74, 6) is -6.18.